The minimum Gasteiger partial charge on any atom is -0.381 e. The van der Waals surface area contributed by atoms with Crippen molar-refractivity contribution in [3.05, 3.63) is 12.7 Å². The molecule has 0 radical (unpaired) electrons. The van der Waals surface area contributed by atoms with Crippen LogP contribution in [0.2, 0.25) is 0 Å². The molecule has 1 atom stereocenters. The summed E-state index contributed by atoms with van der Waals surface area (Å²) >= 11 is 3.50. The number of hydrogen-bond donors (Lipinski definition) is 0. The normalized spacial score (nSPS) is 15.5. The van der Waals surface area contributed by atoms with E-state index in [1.807, 2.05) is 6.08 Å². The molecule has 0 aliphatic rings. The first-order valence-corrected chi connectivity index (χ1v) is 6.43. The summed E-state index contributed by atoms with van der Waals surface area (Å²) in [5.41, 5.74) is 0.178. The molecule has 0 aromatic carbocycles. The molecule has 0 aliphatic heterocycles. The molecule has 84 valence electrons. The van der Waals surface area contributed by atoms with Gasteiger partial charge in [0.2, 0.25) is 0 Å². The van der Waals surface area contributed by atoms with E-state index in [1.54, 1.807) is 0 Å². The molecule has 0 aliphatic carbocycles. The van der Waals surface area contributed by atoms with Gasteiger partial charge in [0.1, 0.15) is 0 Å². The smallest absolute Gasteiger partial charge is 0.0474 e. The number of hydrogen-bond acceptors (Lipinski definition) is 1. The lowest BCUT2D eigenvalue weighted by molar-refractivity contribution is 0.106. The summed E-state index contributed by atoms with van der Waals surface area (Å²) in [5, 5.41) is 0.955. The maximum atomic E-state index is 5.58. The van der Waals surface area contributed by atoms with Crippen molar-refractivity contribution in [2.45, 2.75) is 33.6 Å². The molecule has 0 spiro atoms. The topological polar surface area (TPSA) is 9.23 Å². The molecular formula is C12H23BrO. The van der Waals surface area contributed by atoms with E-state index in [0.717, 1.165) is 37.3 Å². The Morgan fingerprint density at radius 1 is 1.43 bits per heavy atom. The fourth-order valence-corrected chi connectivity index (χ4v) is 1.46. The Hall–Kier alpha value is 0.180. The van der Waals surface area contributed by atoms with E-state index < -0.39 is 0 Å². The third kappa shape index (κ3) is 6.61. The third-order valence-electron chi connectivity index (χ3n) is 2.46. The molecular weight excluding hydrogens is 240 g/mol. The number of allylic oxidation sites excluding steroid dienone is 1. The molecule has 1 unspecified atom stereocenters. The first-order chi connectivity index (χ1) is 6.54. The van der Waals surface area contributed by atoms with Crippen molar-refractivity contribution in [3.63, 3.8) is 0 Å². The van der Waals surface area contributed by atoms with Gasteiger partial charge in [-0.15, -0.1) is 6.58 Å². The van der Waals surface area contributed by atoms with Gasteiger partial charge < -0.3 is 4.74 Å². The molecule has 0 heterocycles. The number of rotatable bonds is 8. The minimum absolute atomic E-state index is 0.178. The lowest BCUT2D eigenvalue weighted by Gasteiger charge is -2.22. The first kappa shape index (κ1) is 14.2. The Bertz CT molecular complexity index is 156. The predicted octanol–water partition coefficient (Wildman–Crippen LogP) is 4.03. The van der Waals surface area contributed by atoms with Crippen molar-refractivity contribution in [2.75, 3.05) is 18.5 Å². The Labute approximate surface area is 97.0 Å². The summed E-state index contributed by atoms with van der Waals surface area (Å²) in [6.07, 6.45) is 4.20. The first-order valence-electron chi connectivity index (χ1n) is 5.31. The highest BCUT2D eigenvalue weighted by Gasteiger charge is 2.17. The largest absolute Gasteiger partial charge is 0.381 e. The molecule has 14 heavy (non-hydrogen) atoms. The van der Waals surface area contributed by atoms with Crippen LogP contribution >= 0.6 is 15.9 Å². The molecule has 0 amide bonds. The fraction of sp³-hybridized carbons (Fsp3) is 0.833. The Balaban J connectivity index is 3.48. The third-order valence-corrected chi connectivity index (χ3v) is 3.74. The number of alkyl halides is 1. The van der Waals surface area contributed by atoms with E-state index in [4.69, 9.17) is 4.74 Å². The lowest BCUT2D eigenvalue weighted by atomic mass is 9.90. The summed E-state index contributed by atoms with van der Waals surface area (Å²) in [6, 6.07) is 0. The van der Waals surface area contributed by atoms with Gasteiger partial charge in [-0.1, -0.05) is 42.8 Å². The molecule has 0 bridgehead atoms. The van der Waals surface area contributed by atoms with Gasteiger partial charge in [0.05, 0.1) is 0 Å². The molecule has 0 aromatic heterocycles. The highest BCUT2D eigenvalue weighted by molar-refractivity contribution is 9.09. The summed E-state index contributed by atoms with van der Waals surface area (Å²) in [6.45, 7) is 12.2. The summed E-state index contributed by atoms with van der Waals surface area (Å²) < 4.78 is 5.58. The Morgan fingerprint density at radius 2 is 2.07 bits per heavy atom. The second kappa shape index (κ2) is 7.47. The standard InChI is InChI=1S/C12H23BrO/c1-5-12(4,10-13)7-9-14-8-6-11(2)3/h5,11H,1,6-10H2,2-4H3. The fourth-order valence-electron chi connectivity index (χ4n) is 0.950. The van der Waals surface area contributed by atoms with E-state index in [1.165, 1.54) is 0 Å². The Kier molecular flexibility index (Phi) is 7.56. The molecule has 0 saturated carbocycles. The van der Waals surface area contributed by atoms with Crippen molar-refractivity contribution in [3.8, 4) is 0 Å². The summed E-state index contributed by atoms with van der Waals surface area (Å²) in [4.78, 5) is 0. The van der Waals surface area contributed by atoms with Crippen LogP contribution in [0.1, 0.15) is 33.6 Å². The highest BCUT2D eigenvalue weighted by Crippen LogP contribution is 2.25. The van der Waals surface area contributed by atoms with Gasteiger partial charge in [0, 0.05) is 18.5 Å². The van der Waals surface area contributed by atoms with Gasteiger partial charge in [-0.2, -0.15) is 0 Å². The second-order valence-corrected chi connectivity index (χ2v) is 5.10. The Morgan fingerprint density at radius 3 is 2.50 bits per heavy atom. The van der Waals surface area contributed by atoms with Crippen LogP contribution in [0.25, 0.3) is 0 Å². The SMILES string of the molecule is C=CC(C)(CBr)CCOCCC(C)C. The van der Waals surface area contributed by atoms with Crippen LogP contribution < -0.4 is 0 Å². The van der Waals surface area contributed by atoms with Crippen LogP contribution in [0, 0.1) is 11.3 Å². The zero-order valence-electron chi connectivity index (χ0n) is 9.68. The van der Waals surface area contributed by atoms with E-state index in [0.29, 0.717) is 0 Å². The van der Waals surface area contributed by atoms with Crippen molar-refractivity contribution in [1.29, 1.82) is 0 Å². The highest BCUT2D eigenvalue weighted by atomic mass is 79.9. The minimum atomic E-state index is 0.178. The van der Waals surface area contributed by atoms with Crippen LogP contribution in [0.5, 0.6) is 0 Å². The van der Waals surface area contributed by atoms with Crippen LogP contribution in [0.15, 0.2) is 12.7 Å². The molecule has 1 nitrogen and oxygen atoms in total. The van der Waals surface area contributed by atoms with Crippen molar-refractivity contribution in [1.82, 2.24) is 0 Å². The lowest BCUT2D eigenvalue weighted by Crippen LogP contribution is -2.17. The van der Waals surface area contributed by atoms with Crippen molar-refractivity contribution in [2.24, 2.45) is 11.3 Å². The zero-order chi connectivity index (χ0) is 11.0. The molecule has 0 saturated heterocycles. The van der Waals surface area contributed by atoms with Gasteiger partial charge in [0.15, 0.2) is 0 Å². The van der Waals surface area contributed by atoms with Gasteiger partial charge >= 0.3 is 0 Å². The van der Waals surface area contributed by atoms with Crippen molar-refractivity contribution >= 4 is 15.9 Å². The quantitative estimate of drug-likeness (QED) is 0.365. The van der Waals surface area contributed by atoms with Gasteiger partial charge in [-0.3, -0.25) is 0 Å². The van der Waals surface area contributed by atoms with E-state index in [9.17, 15) is 0 Å². The van der Waals surface area contributed by atoms with Crippen LogP contribution in [-0.2, 0) is 4.74 Å². The van der Waals surface area contributed by atoms with E-state index in [-0.39, 0.29) is 5.41 Å². The number of halogens is 1. The monoisotopic (exact) mass is 262 g/mol. The van der Waals surface area contributed by atoms with Gasteiger partial charge in [-0.05, 0) is 24.2 Å². The molecule has 0 N–H and O–H groups in total. The maximum Gasteiger partial charge on any atom is 0.0474 e. The predicted molar refractivity (Wildman–Crippen MR) is 67.0 cm³/mol. The van der Waals surface area contributed by atoms with E-state index in [2.05, 4.69) is 43.3 Å². The summed E-state index contributed by atoms with van der Waals surface area (Å²) in [7, 11) is 0. The molecule has 0 fully saturated rings. The van der Waals surface area contributed by atoms with Crippen LogP contribution in [0.3, 0.4) is 0 Å². The van der Waals surface area contributed by atoms with Gasteiger partial charge in [-0.25, -0.2) is 0 Å². The maximum absolute atomic E-state index is 5.58. The average molecular weight is 263 g/mol. The van der Waals surface area contributed by atoms with Crippen molar-refractivity contribution < 1.29 is 4.74 Å². The van der Waals surface area contributed by atoms with Gasteiger partial charge in [0.25, 0.3) is 0 Å². The average Bonchev–Trinajstić information content (AvgIpc) is 2.16. The zero-order valence-corrected chi connectivity index (χ0v) is 11.3. The molecule has 0 aromatic rings. The van der Waals surface area contributed by atoms with E-state index >= 15 is 0 Å². The second-order valence-electron chi connectivity index (χ2n) is 4.54. The molecule has 2 heteroatoms. The number of ether oxygens (including phenoxy) is 1. The summed E-state index contributed by atoms with van der Waals surface area (Å²) in [5.74, 6) is 0.733. The van der Waals surface area contributed by atoms with Crippen LogP contribution in [-0.4, -0.2) is 18.5 Å². The molecule has 0 rings (SSSR count). The van der Waals surface area contributed by atoms with Crippen LogP contribution in [0.4, 0.5) is 0 Å².